The van der Waals surface area contributed by atoms with Gasteiger partial charge in [0, 0.05) is 35.1 Å². The molecular weight excluding hydrogens is 509 g/mol. The number of aromatic nitrogens is 3. The first-order chi connectivity index (χ1) is 19.6. The molecule has 0 bridgehead atoms. The third kappa shape index (κ3) is 4.73. The smallest absolute Gasteiger partial charge is 0.355 e. The lowest BCUT2D eigenvalue weighted by molar-refractivity contribution is 0.0511. The molecule has 0 unspecified atom stereocenters. The number of aryl methyl sites for hydroxylation is 3. The largest absolute Gasteiger partial charge is 0.493 e. The van der Waals surface area contributed by atoms with Crippen LogP contribution in [0.15, 0.2) is 54.6 Å². The number of benzene rings is 3. The predicted molar refractivity (Wildman–Crippen MR) is 152 cm³/mol. The first kappa shape index (κ1) is 26.1. The summed E-state index contributed by atoms with van der Waals surface area (Å²) >= 11 is 0. The third-order valence-corrected chi connectivity index (χ3v) is 7.50. The molecule has 206 valence electrons. The molecule has 0 fully saturated rings. The minimum atomic E-state index is -0.321. The fourth-order valence-corrected chi connectivity index (χ4v) is 5.82. The van der Waals surface area contributed by atoms with Crippen LogP contribution in [-0.2, 0) is 29.0 Å². The highest BCUT2D eigenvalue weighted by Crippen LogP contribution is 2.38. The van der Waals surface area contributed by atoms with Crippen LogP contribution in [0.25, 0.3) is 32.8 Å². The van der Waals surface area contributed by atoms with E-state index in [-0.39, 0.29) is 11.8 Å². The van der Waals surface area contributed by atoms with E-state index >= 15 is 0 Å². The number of rotatable bonds is 7. The van der Waals surface area contributed by atoms with Gasteiger partial charge in [0.25, 0.3) is 0 Å². The highest BCUT2D eigenvalue weighted by Gasteiger charge is 2.27. The van der Waals surface area contributed by atoms with Crippen LogP contribution in [-0.4, -0.2) is 40.6 Å². The Hall–Kier alpha value is -4.17. The van der Waals surface area contributed by atoms with Gasteiger partial charge in [0.15, 0.2) is 0 Å². The highest BCUT2D eigenvalue weighted by molar-refractivity contribution is 6.05. The van der Waals surface area contributed by atoms with Crippen LogP contribution in [0.5, 0.6) is 5.75 Å². The number of aromatic amines is 1. The number of fused-ring (bicyclic) bond motifs is 3. The standard InChI is InChI=1S/C32H32FN3O4/c1-3-39-32(37)31-25(11-6-17-40-28-12-4-8-21-18-22(33)13-14-23(21)28)24-9-5-10-26-29-20(2)34-35-27(29)19-38-16-7-15-36(31)30(24)26/h4-5,8-10,12-14,18H,3,6-7,11,15-17,19H2,1-2H3,(H,34,35). The second kappa shape index (κ2) is 11.1. The van der Waals surface area contributed by atoms with E-state index in [0.29, 0.717) is 57.3 Å². The average Bonchev–Trinajstić information content (AvgIpc) is 3.48. The minimum Gasteiger partial charge on any atom is -0.493 e. The van der Waals surface area contributed by atoms with E-state index in [9.17, 15) is 9.18 Å². The van der Waals surface area contributed by atoms with E-state index in [1.807, 2.05) is 38.1 Å². The molecule has 0 amide bonds. The van der Waals surface area contributed by atoms with Gasteiger partial charge in [0.05, 0.1) is 36.7 Å². The van der Waals surface area contributed by atoms with E-state index < -0.39 is 0 Å². The molecule has 8 heteroatoms. The van der Waals surface area contributed by atoms with Crippen molar-refractivity contribution in [2.24, 2.45) is 0 Å². The molecule has 0 radical (unpaired) electrons. The van der Waals surface area contributed by atoms with Crippen molar-refractivity contribution in [3.63, 3.8) is 0 Å². The van der Waals surface area contributed by atoms with E-state index in [0.717, 1.165) is 56.2 Å². The lowest BCUT2D eigenvalue weighted by Gasteiger charge is -2.16. The van der Waals surface area contributed by atoms with Gasteiger partial charge >= 0.3 is 5.97 Å². The molecule has 0 saturated carbocycles. The number of carbonyl (C=O) groups excluding carboxylic acids is 1. The third-order valence-electron chi connectivity index (χ3n) is 7.50. The molecule has 6 rings (SSSR count). The van der Waals surface area contributed by atoms with E-state index in [1.165, 1.54) is 12.1 Å². The van der Waals surface area contributed by atoms with Gasteiger partial charge in [-0.1, -0.05) is 30.3 Å². The Morgan fingerprint density at radius 1 is 1.15 bits per heavy atom. The van der Waals surface area contributed by atoms with Gasteiger partial charge in [-0.15, -0.1) is 0 Å². The Balaban J connectivity index is 1.38. The summed E-state index contributed by atoms with van der Waals surface area (Å²) in [6.07, 6.45) is 2.08. The Morgan fingerprint density at radius 3 is 2.90 bits per heavy atom. The molecule has 3 heterocycles. The van der Waals surface area contributed by atoms with Crippen molar-refractivity contribution < 1.29 is 23.4 Å². The maximum Gasteiger partial charge on any atom is 0.355 e. The van der Waals surface area contributed by atoms with Crippen molar-refractivity contribution >= 4 is 27.6 Å². The number of H-pyrrole nitrogens is 1. The monoisotopic (exact) mass is 541 g/mol. The van der Waals surface area contributed by atoms with E-state index in [4.69, 9.17) is 14.2 Å². The number of carbonyl (C=O) groups is 1. The Labute approximate surface area is 231 Å². The van der Waals surface area contributed by atoms with Gasteiger partial charge in [-0.25, -0.2) is 9.18 Å². The molecular formula is C32H32FN3O4. The van der Waals surface area contributed by atoms with Crippen molar-refractivity contribution in [3.8, 4) is 16.9 Å². The molecule has 1 aliphatic heterocycles. The Morgan fingerprint density at radius 2 is 2.02 bits per heavy atom. The maximum atomic E-state index is 13.7. The Bertz CT molecular complexity index is 1700. The molecule has 3 aromatic carbocycles. The average molecular weight is 542 g/mol. The number of nitrogens with one attached hydrogen (secondary N) is 1. The summed E-state index contributed by atoms with van der Waals surface area (Å²) in [6, 6.07) is 16.6. The predicted octanol–water partition coefficient (Wildman–Crippen LogP) is 6.74. The fourth-order valence-electron chi connectivity index (χ4n) is 5.82. The first-order valence-electron chi connectivity index (χ1n) is 13.8. The lowest BCUT2D eigenvalue weighted by atomic mass is 9.98. The number of hydrogen-bond donors (Lipinski definition) is 1. The normalized spacial score (nSPS) is 13.4. The number of nitrogens with zero attached hydrogens (tertiary/aromatic N) is 2. The summed E-state index contributed by atoms with van der Waals surface area (Å²) in [7, 11) is 0. The van der Waals surface area contributed by atoms with E-state index in [2.05, 4.69) is 26.9 Å². The second-order valence-electron chi connectivity index (χ2n) is 10.0. The van der Waals surface area contributed by atoms with Crippen molar-refractivity contribution in [1.29, 1.82) is 0 Å². The van der Waals surface area contributed by atoms with Crippen LogP contribution in [0.1, 0.15) is 47.2 Å². The van der Waals surface area contributed by atoms with Gasteiger partial charge in [0.2, 0.25) is 0 Å². The zero-order valence-electron chi connectivity index (χ0n) is 22.8. The van der Waals surface area contributed by atoms with Crippen molar-refractivity contribution in [2.75, 3.05) is 19.8 Å². The number of esters is 1. The molecule has 1 aliphatic rings. The summed E-state index contributed by atoms with van der Waals surface area (Å²) in [5.74, 6) is 0.125. The lowest BCUT2D eigenvalue weighted by Crippen LogP contribution is -2.16. The molecule has 40 heavy (non-hydrogen) atoms. The van der Waals surface area contributed by atoms with Crippen molar-refractivity contribution in [1.82, 2.24) is 14.8 Å². The molecule has 2 aromatic heterocycles. The highest BCUT2D eigenvalue weighted by atomic mass is 19.1. The molecule has 0 atom stereocenters. The minimum absolute atomic E-state index is 0.272. The van der Waals surface area contributed by atoms with Gasteiger partial charge in [-0.2, -0.15) is 5.10 Å². The first-order valence-corrected chi connectivity index (χ1v) is 13.8. The van der Waals surface area contributed by atoms with Gasteiger partial charge in [0.1, 0.15) is 17.3 Å². The van der Waals surface area contributed by atoms with E-state index in [1.54, 1.807) is 6.07 Å². The molecule has 5 aromatic rings. The van der Waals surface area contributed by atoms with Crippen LogP contribution in [0.4, 0.5) is 4.39 Å². The maximum absolute atomic E-state index is 13.7. The SMILES string of the molecule is CCOC(=O)c1c(CCCOc2cccc3cc(F)ccc23)c2cccc3c2n1CCCOCc1[nH]nc(C)c1-3. The molecule has 0 aliphatic carbocycles. The molecule has 0 spiro atoms. The zero-order chi connectivity index (χ0) is 27.6. The summed E-state index contributed by atoms with van der Waals surface area (Å²) in [6.45, 7) is 6.22. The number of para-hydroxylation sites is 1. The Kier molecular flexibility index (Phi) is 7.26. The number of halogens is 1. The van der Waals surface area contributed by atoms with Crippen LogP contribution in [0.3, 0.4) is 0 Å². The molecule has 1 N–H and O–H groups in total. The number of ether oxygens (including phenoxy) is 3. The summed E-state index contributed by atoms with van der Waals surface area (Å²) < 4.78 is 33.5. The van der Waals surface area contributed by atoms with Crippen molar-refractivity contribution in [3.05, 3.63) is 83.1 Å². The van der Waals surface area contributed by atoms with Crippen LogP contribution >= 0.6 is 0 Å². The topological polar surface area (TPSA) is 78.4 Å². The zero-order valence-corrected chi connectivity index (χ0v) is 22.8. The quantitative estimate of drug-likeness (QED) is 0.182. The van der Waals surface area contributed by atoms with Gasteiger partial charge in [-0.05, 0) is 68.3 Å². The van der Waals surface area contributed by atoms with Crippen LogP contribution < -0.4 is 4.74 Å². The summed E-state index contributed by atoms with van der Waals surface area (Å²) in [4.78, 5) is 13.4. The summed E-state index contributed by atoms with van der Waals surface area (Å²) in [5.41, 5.74) is 6.44. The fraction of sp³-hybridized carbons (Fsp3) is 0.312. The summed E-state index contributed by atoms with van der Waals surface area (Å²) in [5, 5.41) is 10.3. The number of hydrogen-bond acceptors (Lipinski definition) is 5. The van der Waals surface area contributed by atoms with Crippen LogP contribution in [0.2, 0.25) is 0 Å². The van der Waals surface area contributed by atoms with Crippen molar-refractivity contribution in [2.45, 2.75) is 46.3 Å². The molecule has 7 nitrogen and oxygen atoms in total. The van der Waals surface area contributed by atoms with Gasteiger partial charge < -0.3 is 18.8 Å². The van der Waals surface area contributed by atoms with Crippen LogP contribution in [0, 0.1) is 12.7 Å². The van der Waals surface area contributed by atoms with Gasteiger partial charge in [-0.3, -0.25) is 5.10 Å². The second-order valence-corrected chi connectivity index (χ2v) is 10.0. The molecule has 0 saturated heterocycles.